The van der Waals surface area contributed by atoms with Gasteiger partial charge < -0.3 is 24.1 Å². The molecule has 330 valence electrons. The van der Waals surface area contributed by atoms with Crippen LogP contribution in [-0.4, -0.2) is 55.0 Å². The number of benzene rings is 1. The third-order valence-corrected chi connectivity index (χ3v) is 12.3. The summed E-state index contributed by atoms with van der Waals surface area (Å²) in [6.07, 6.45) is 11.7. The fraction of sp³-hybridized carbons (Fsp3) is 0.723. The van der Waals surface area contributed by atoms with Crippen molar-refractivity contribution in [2.75, 3.05) is 13.7 Å². The van der Waals surface area contributed by atoms with Crippen LogP contribution in [-0.2, 0) is 34.8 Å². The molecule has 1 aromatic carbocycles. The molecular formula is C47H73F3O8. The molecule has 11 heteroatoms. The van der Waals surface area contributed by atoms with Crippen molar-refractivity contribution in [2.24, 2.45) is 41.4 Å². The van der Waals surface area contributed by atoms with E-state index in [9.17, 15) is 32.7 Å². The Balaban J connectivity index is 2.34. The standard InChI is InChI=1S/C47H73F3O8/c1-9-15-21-33(10-2)38(12-4)40(14-6)39(13-5)34(11-3)28-46(54)58-44-30-43(57-32(7)51)42(41(44)24-18-16-17-19-25-45(53)55-8)27-26-36(52)31-56-37-23-20-22-35(29-37)47(48,49)50/h16,18,20,22-23,26-27,29,33-34,36,38-44,52H,9-15,17,19,21,24-25,28,30-31H2,1-8H3/b18-16-,27-26+/t33?,34?,36-,38?,39?,40?,41-,42-,43?,44+/m1/s1. The van der Waals surface area contributed by atoms with Crippen LogP contribution >= 0.6 is 0 Å². The van der Waals surface area contributed by atoms with Crippen molar-refractivity contribution in [1.29, 1.82) is 0 Å². The number of carbonyl (C=O) groups excluding carboxylic acids is 3. The molecule has 0 aromatic heterocycles. The summed E-state index contributed by atoms with van der Waals surface area (Å²) >= 11 is 0. The smallest absolute Gasteiger partial charge is 0.416 e. The van der Waals surface area contributed by atoms with Crippen molar-refractivity contribution in [3.05, 3.63) is 54.1 Å². The largest absolute Gasteiger partial charge is 0.491 e. The van der Waals surface area contributed by atoms with Crippen LogP contribution in [0.2, 0.25) is 0 Å². The molecular weight excluding hydrogens is 750 g/mol. The minimum absolute atomic E-state index is 0.0315. The van der Waals surface area contributed by atoms with Gasteiger partial charge in [-0.1, -0.05) is 123 Å². The fourth-order valence-electron chi connectivity index (χ4n) is 9.34. The van der Waals surface area contributed by atoms with Gasteiger partial charge in [0, 0.05) is 38.0 Å². The van der Waals surface area contributed by atoms with Gasteiger partial charge in [-0.15, -0.1) is 0 Å². The molecule has 1 aliphatic carbocycles. The van der Waals surface area contributed by atoms with Gasteiger partial charge in [0.1, 0.15) is 30.7 Å². The number of rotatable bonds is 27. The number of ether oxygens (including phenoxy) is 4. The summed E-state index contributed by atoms with van der Waals surface area (Å²) < 4.78 is 62.0. The van der Waals surface area contributed by atoms with E-state index in [1.54, 1.807) is 6.08 Å². The van der Waals surface area contributed by atoms with Crippen LogP contribution in [0, 0.1) is 41.4 Å². The fourth-order valence-corrected chi connectivity index (χ4v) is 9.34. The topological polar surface area (TPSA) is 108 Å². The van der Waals surface area contributed by atoms with Crippen molar-refractivity contribution in [1.82, 2.24) is 0 Å². The third-order valence-electron chi connectivity index (χ3n) is 12.3. The highest BCUT2D eigenvalue weighted by Crippen LogP contribution is 2.44. The third kappa shape index (κ3) is 16.7. The summed E-state index contributed by atoms with van der Waals surface area (Å²) in [4.78, 5) is 37.9. The molecule has 1 aliphatic rings. The zero-order valence-electron chi connectivity index (χ0n) is 36.4. The van der Waals surface area contributed by atoms with E-state index in [1.807, 2.05) is 12.2 Å². The molecule has 0 bridgehead atoms. The van der Waals surface area contributed by atoms with Crippen LogP contribution < -0.4 is 4.74 Å². The van der Waals surface area contributed by atoms with Crippen LogP contribution in [0.5, 0.6) is 5.75 Å². The maximum absolute atomic E-state index is 14.0. The first-order chi connectivity index (χ1) is 27.7. The maximum atomic E-state index is 14.0. The van der Waals surface area contributed by atoms with E-state index in [1.165, 1.54) is 51.5 Å². The number of methoxy groups -OCH3 is 1. The van der Waals surface area contributed by atoms with Gasteiger partial charge in [-0.3, -0.25) is 14.4 Å². The van der Waals surface area contributed by atoms with E-state index >= 15 is 0 Å². The number of hydrogen-bond acceptors (Lipinski definition) is 8. The van der Waals surface area contributed by atoms with Gasteiger partial charge in [-0.05, 0) is 67.1 Å². The van der Waals surface area contributed by atoms with Gasteiger partial charge in [0.25, 0.3) is 0 Å². The highest BCUT2D eigenvalue weighted by atomic mass is 19.4. The molecule has 0 saturated heterocycles. The quantitative estimate of drug-likeness (QED) is 0.0404. The molecule has 0 heterocycles. The Hall–Kier alpha value is -3.34. The van der Waals surface area contributed by atoms with Crippen molar-refractivity contribution in [3.8, 4) is 5.75 Å². The number of carbonyl (C=O) groups is 3. The number of halogens is 3. The lowest BCUT2D eigenvalue weighted by molar-refractivity contribution is -0.153. The van der Waals surface area contributed by atoms with E-state index < -0.39 is 41.9 Å². The number of alkyl halides is 3. The van der Waals surface area contributed by atoms with Crippen molar-refractivity contribution in [2.45, 2.75) is 163 Å². The highest BCUT2D eigenvalue weighted by Gasteiger charge is 2.46. The first-order valence-corrected chi connectivity index (χ1v) is 21.9. The summed E-state index contributed by atoms with van der Waals surface area (Å²) in [5.41, 5.74) is -0.856. The summed E-state index contributed by atoms with van der Waals surface area (Å²) in [7, 11) is 1.35. The first kappa shape index (κ1) is 50.8. The normalized spacial score (nSPS) is 21.7. The summed E-state index contributed by atoms with van der Waals surface area (Å²) in [6, 6.07) is 4.45. The molecule has 2 rings (SSSR count). The van der Waals surface area contributed by atoms with Crippen LogP contribution in [0.15, 0.2) is 48.6 Å². The lowest BCUT2D eigenvalue weighted by atomic mass is 9.65. The minimum atomic E-state index is -4.53. The predicted octanol–water partition coefficient (Wildman–Crippen LogP) is 11.5. The molecule has 58 heavy (non-hydrogen) atoms. The average Bonchev–Trinajstić information content (AvgIpc) is 3.50. The van der Waals surface area contributed by atoms with E-state index in [4.69, 9.17) is 18.9 Å². The Morgan fingerprint density at radius 3 is 2.12 bits per heavy atom. The van der Waals surface area contributed by atoms with Crippen LogP contribution in [0.1, 0.15) is 144 Å². The summed E-state index contributed by atoms with van der Waals surface area (Å²) in [5.74, 6) is 0.460. The van der Waals surface area contributed by atoms with Gasteiger partial charge in [0.2, 0.25) is 0 Å². The number of unbranched alkanes of at least 4 members (excludes halogenated alkanes) is 2. The summed E-state index contributed by atoms with van der Waals surface area (Å²) in [6.45, 7) is 14.6. The molecule has 8 nitrogen and oxygen atoms in total. The number of aliphatic hydroxyl groups is 1. The molecule has 1 N–H and O–H groups in total. The number of aliphatic hydroxyl groups excluding tert-OH is 1. The lowest BCUT2D eigenvalue weighted by Crippen LogP contribution is -2.34. The second kappa shape index (κ2) is 26.7. The Kier molecular flexibility index (Phi) is 23.4. The molecule has 0 aliphatic heterocycles. The van der Waals surface area contributed by atoms with Crippen molar-refractivity contribution >= 4 is 17.9 Å². The Labute approximate surface area is 346 Å². The van der Waals surface area contributed by atoms with E-state index in [0.29, 0.717) is 49.4 Å². The molecule has 10 atom stereocenters. The Morgan fingerprint density at radius 2 is 1.53 bits per heavy atom. The number of allylic oxidation sites excluding steroid dienone is 2. The van der Waals surface area contributed by atoms with Gasteiger partial charge in [0.15, 0.2) is 0 Å². The lowest BCUT2D eigenvalue weighted by Gasteiger charge is -2.40. The van der Waals surface area contributed by atoms with E-state index in [0.717, 1.165) is 44.2 Å². The zero-order chi connectivity index (χ0) is 43.3. The van der Waals surface area contributed by atoms with Gasteiger partial charge >= 0.3 is 24.1 Å². The van der Waals surface area contributed by atoms with Crippen LogP contribution in [0.4, 0.5) is 13.2 Å². The second-order valence-electron chi connectivity index (χ2n) is 16.0. The number of esters is 3. The zero-order valence-corrected chi connectivity index (χ0v) is 36.4. The van der Waals surface area contributed by atoms with Crippen LogP contribution in [0.25, 0.3) is 0 Å². The molecule has 0 radical (unpaired) electrons. The van der Waals surface area contributed by atoms with E-state index in [2.05, 4.69) is 41.5 Å². The monoisotopic (exact) mass is 823 g/mol. The molecule has 1 fully saturated rings. The van der Waals surface area contributed by atoms with Gasteiger partial charge in [-0.2, -0.15) is 13.2 Å². The Bertz CT molecular complexity index is 1410. The SMILES string of the molecule is CCCCC(CC)C(CC)C(CC)C(CC)C(CC)CC(=O)O[C@H]1CC(OC(C)=O)[C@H](/C=C/[C@@H](O)COc2cccc(C(F)(F)F)c2)[C@H]1C/C=C\CCCC(=O)OC. The molecule has 1 saturated carbocycles. The predicted molar refractivity (Wildman–Crippen MR) is 222 cm³/mol. The maximum Gasteiger partial charge on any atom is 0.416 e. The van der Waals surface area contributed by atoms with Crippen molar-refractivity contribution in [3.63, 3.8) is 0 Å². The molecule has 1 aromatic rings. The van der Waals surface area contributed by atoms with Gasteiger partial charge in [-0.25, -0.2) is 0 Å². The molecule has 0 spiro atoms. The molecule has 6 unspecified atom stereocenters. The summed E-state index contributed by atoms with van der Waals surface area (Å²) in [5, 5.41) is 10.8. The average molecular weight is 823 g/mol. The van der Waals surface area contributed by atoms with Crippen molar-refractivity contribution < 1.29 is 51.6 Å². The number of hydrogen-bond donors (Lipinski definition) is 1. The Morgan fingerprint density at radius 1 is 0.862 bits per heavy atom. The second-order valence-corrected chi connectivity index (χ2v) is 16.0. The molecule has 0 amide bonds. The first-order valence-electron chi connectivity index (χ1n) is 21.9. The van der Waals surface area contributed by atoms with Crippen LogP contribution in [0.3, 0.4) is 0 Å². The minimum Gasteiger partial charge on any atom is -0.491 e. The van der Waals surface area contributed by atoms with Gasteiger partial charge in [0.05, 0.1) is 12.7 Å². The van der Waals surface area contributed by atoms with E-state index in [-0.39, 0.29) is 49.0 Å². The highest BCUT2D eigenvalue weighted by molar-refractivity contribution is 5.70.